The number of hydrogen-bond acceptors (Lipinski definition) is 1. The summed E-state index contributed by atoms with van der Waals surface area (Å²) in [4.78, 5) is 0. The zero-order valence-corrected chi connectivity index (χ0v) is 9.27. The van der Waals surface area contributed by atoms with Gasteiger partial charge in [0.25, 0.3) is 0 Å². The van der Waals surface area contributed by atoms with Crippen LogP contribution in [-0.4, -0.2) is 12.8 Å². The summed E-state index contributed by atoms with van der Waals surface area (Å²) in [5, 5.41) is 0. The predicted octanol–water partition coefficient (Wildman–Crippen LogP) is 4.28. The molecule has 0 spiro atoms. The molecule has 0 N–H and O–H groups in total. The average Bonchev–Trinajstić information content (AvgIpc) is 2.24. The Balaban J connectivity index is 2.60. The lowest BCUT2D eigenvalue weighted by atomic mass is 10.2. The minimum atomic E-state index is -4.47. The number of rotatable bonds is 3. The molecule has 1 nitrogen and oxygen atoms in total. The smallest absolute Gasteiger partial charge is 0.416 e. The predicted molar refractivity (Wildman–Crippen MR) is 52.2 cm³/mol. The fourth-order valence-corrected chi connectivity index (χ4v) is 1.06. The van der Waals surface area contributed by atoms with Gasteiger partial charge in [-0.15, -0.1) is 0 Å². The molecule has 0 saturated heterocycles. The van der Waals surface area contributed by atoms with Crippen LogP contribution in [0.25, 0.3) is 0 Å². The van der Waals surface area contributed by atoms with E-state index in [4.69, 9.17) is 4.74 Å². The molecule has 7 heteroatoms. The molecule has 0 aromatic heterocycles. The lowest BCUT2D eigenvalue weighted by Crippen LogP contribution is -2.25. The third-order valence-corrected chi connectivity index (χ3v) is 2.24. The first-order valence-corrected chi connectivity index (χ1v) is 4.97. The van der Waals surface area contributed by atoms with Crippen LogP contribution in [0.3, 0.4) is 0 Å². The molecule has 0 aliphatic rings. The molecule has 1 aromatic carbocycles. The minimum absolute atomic E-state index is 0.0286. The number of ether oxygens (including phenoxy) is 1. The van der Waals surface area contributed by atoms with E-state index in [1.54, 1.807) is 0 Å². The molecule has 0 fully saturated rings. The van der Waals surface area contributed by atoms with Crippen LogP contribution in [0.15, 0.2) is 24.3 Å². The summed E-state index contributed by atoms with van der Waals surface area (Å²) in [6, 6.07) is 3.50. The van der Waals surface area contributed by atoms with E-state index in [2.05, 4.69) is 0 Å². The molecule has 0 heterocycles. The van der Waals surface area contributed by atoms with Gasteiger partial charge in [-0.25, -0.2) is 0 Å². The molecular weight excluding hydrogens is 262 g/mol. The van der Waals surface area contributed by atoms with E-state index in [1.165, 1.54) is 0 Å². The highest BCUT2D eigenvalue weighted by molar-refractivity contribution is 5.28. The third-order valence-electron chi connectivity index (χ3n) is 2.24. The van der Waals surface area contributed by atoms with Gasteiger partial charge >= 0.3 is 12.4 Å². The van der Waals surface area contributed by atoms with Gasteiger partial charge in [0.1, 0.15) is 5.75 Å². The maximum absolute atomic E-state index is 12.2. The number of halogens is 6. The molecule has 0 bridgehead atoms. The largest absolute Gasteiger partial charge is 0.493 e. The zero-order chi connectivity index (χ0) is 14.0. The first-order valence-electron chi connectivity index (χ1n) is 4.97. The highest BCUT2D eigenvalue weighted by Gasteiger charge is 2.36. The Morgan fingerprint density at radius 2 is 1.50 bits per heavy atom. The molecule has 1 aromatic rings. The average molecular weight is 272 g/mol. The summed E-state index contributed by atoms with van der Waals surface area (Å²) >= 11 is 0. The van der Waals surface area contributed by atoms with Crippen LogP contribution in [0.4, 0.5) is 26.3 Å². The first-order chi connectivity index (χ1) is 8.10. The molecule has 0 aliphatic heterocycles. The zero-order valence-electron chi connectivity index (χ0n) is 9.27. The highest BCUT2D eigenvalue weighted by Crippen LogP contribution is 2.31. The molecule has 0 saturated carbocycles. The second-order valence-electron chi connectivity index (χ2n) is 3.78. The van der Waals surface area contributed by atoms with Crippen molar-refractivity contribution in [1.82, 2.24) is 0 Å². The van der Waals surface area contributed by atoms with Crippen molar-refractivity contribution in [3.05, 3.63) is 29.8 Å². The van der Waals surface area contributed by atoms with E-state index < -0.39 is 30.4 Å². The van der Waals surface area contributed by atoms with Gasteiger partial charge in [-0.1, -0.05) is 6.92 Å². The lowest BCUT2D eigenvalue weighted by Gasteiger charge is -2.16. The van der Waals surface area contributed by atoms with Crippen LogP contribution in [0.2, 0.25) is 0 Å². The molecule has 0 amide bonds. The Hall–Kier alpha value is -1.40. The Bertz CT molecular complexity index is 378. The van der Waals surface area contributed by atoms with Crippen molar-refractivity contribution >= 4 is 0 Å². The van der Waals surface area contributed by atoms with E-state index in [9.17, 15) is 26.3 Å². The molecule has 1 rings (SSSR count). The monoisotopic (exact) mass is 272 g/mol. The Morgan fingerprint density at radius 3 is 1.89 bits per heavy atom. The van der Waals surface area contributed by atoms with Crippen molar-refractivity contribution in [2.75, 3.05) is 6.61 Å². The van der Waals surface area contributed by atoms with Crippen LogP contribution >= 0.6 is 0 Å². The maximum Gasteiger partial charge on any atom is 0.416 e. The fourth-order valence-electron chi connectivity index (χ4n) is 1.06. The fraction of sp³-hybridized carbons (Fsp3) is 0.455. The topological polar surface area (TPSA) is 9.23 Å². The van der Waals surface area contributed by atoms with Crippen LogP contribution < -0.4 is 4.74 Å². The van der Waals surface area contributed by atoms with Gasteiger partial charge in [0.15, 0.2) is 0 Å². The normalized spacial score (nSPS) is 14.4. The Morgan fingerprint density at radius 1 is 1.00 bits per heavy atom. The summed E-state index contributed by atoms with van der Waals surface area (Å²) in [6.07, 6.45) is -8.86. The molecular formula is C11H10F6O. The highest BCUT2D eigenvalue weighted by atomic mass is 19.4. The summed E-state index contributed by atoms with van der Waals surface area (Å²) in [6.45, 7) is 0.305. The van der Waals surface area contributed by atoms with Crippen LogP contribution in [0.1, 0.15) is 12.5 Å². The maximum atomic E-state index is 12.2. The Kier molecular flexibility index (Phi) is 4.13. The lowest BCUT2D eigenvalue weighted by molar-refractivity contribution is -0.176. The second-order valence-corrected chi connectivity index (χ2v) is 3.78. The molecule has 0 aliphatic carbocycles. The molecule has 0 radical (unpaired) electrons. The van der Waals surface area contributed by atoms with Crippen LogP contribution in [0.5, 0.6) is 5.75 Å². The second kappa shape index (κ2) is 5.07. The first kappa shape index (κ1) is 14.7. The molecule has 102 valence electrons. The van der Waals surface area contributed by atoms with Crippen molar-refractivity contribution in [2.24, 2.45) is 5.92 Å². The third kappa shape index (κ3) is 4.12. The van der Waals surface area contributed by atoms with Gasteiger partial charge in [-0.3, -0.25) is 0 Å². The number of hydrogen-bond donors (Lipinski definition) is 0. The standard InChI is InChI=1S/C11H10F6O/c1-7(10(12,13)14)6-18-9-4-2-8(3-5-9)11(15,16)17/h2-5,7H,6H2,1H3. The van der Waals surface area contributed by atoms with E-state index >= 15 is 0 Å². The quantitative estimate of drug-likeness (QED) is 0.746. The van der Waals surface area contributed by atoms with Gasteiger partial charge in [0.2, 0.25) is 0 Å². The summed E-state index contributed by atoms with van der Waals surface area (Å²) < 4.78 is 77.8. The van der Waals surface area contributed by atoms with E-state index in [0.29, 0.717) is 0 Å². The van der Waals surface area contributed by atoms with E-state index in [0.717, 1.165) is 31.2 Å². The molecule has 18 heavy (non-hydrogen) atoms. The van der Waals surface area contributed by atoms with Crippen molar-refractivity contribution in [1.29, 1.82) is 0 Å². The van der Waals surface area contributed by atoms with Gasteiger partial charge in [-0.05, 0) is 24.3 Å². The van der Waals surface area contributed by atoms with Gasteiger partial charge < -0.3 is 4.74 Å². The van der Waals surface area contributed by atoms with Gasteiger partial charge in [-0.2, -0.15) is 26.3 Å². The van der Waals surface area contributed by atoms with Gasteiger partial charge in [0, 0.05) is 0 Å². The van der Waals surface area contributed by atoms with Crippen LogP contribution in [-0.2, 0) is 6.18 Å². The minimum Gasteiger partial charge on any atom is -0.493 e. The summed E-state index contributed by atoms with van der Waals surface area (Å²) in [5.74, 6) is -1.71. The molecule has 1 atom stereocenters. The Labute approximate surface area is 99.4 Å². The summed E-state index contributed by atoms with van der Waals surface area (Å²) in [7, 11) is 0. The SMILES string of the molecule is CC(COc1ccc(C(F)(F)F)cc1)C(F)(F)F. The van der Waals surface area contributed by atoms with Crippen molar-refractivity contribution in [2.45, 2.75) is 19.3 Å². The van der Waals surface area contributed by atoms with E-state index in [1.807, 2.05) is 0 Å². The van der Waals surface area contributed by atoms with Gasteiger partial charge in [0.05, 0.1) is 18.1 Å². The summed E-state index contributed by atoms with van der Waals surface area (Å²) in [5.41, 5.74) is -0.876. The molecule has 1 unspecified atom stereocenters. The van der Waals surface area contributed by atoms with Crippen LogP contribution in [0, 0.1) is 5.92 Å². The van der Waals surface area contributed by atoms with Crippen molar-refractivity contribution in [3.63, 3.8) is 0 Å². The van der Waals surface area contributed by atoms with Crippen molar-refractivity contribution < 1.29 is 31.1 Å². The van der Waals surface area contributed by atoms with Crippen molar-refractivity contribution in [3.8, 4) is 5.75 Å². The van der Waals surface area contributed by atoms with E-state index in [-0.39, 0.29) is 5.75 Å². The number of benzene rings is 1. The number of alkyl halides is 6.